The minimum absolute atomic E-state index is 0.0486. The van der Waals surface area contributed by atoms with Crippen molar-refractivity contribution in [3.63, 3.8) is 0 Å². The van der Waals surface area contributed by atoms with Crippen LogP contribution >= 0.6 is 0 Å². The Kier molecular flexibility index (Phi) is 2.67. The smallest absolute Gasteiger partial charge is 0.227 e. The van der Waals surface area contributed by atoms with Crippen LogP contribution in [0.15, 0.2) is 52.9 Å². The minimum atomic E-state index is 0.0486. The fraction of sp³-hybridized carbons (Fsp3) is 0.235. The molecule has 2 nitrogen and oxygen atoms in total. The van der Waals surface area contributed by atoms with Crippen molar-refractivity contribution in [2.24, 2.45) is 0 Å². The van der Waals surface area contributed by atoms with Crippen LogP contribution in [0, 0.1) is 0 Å². The maximum Gasteiger partial charge on any atom is 0.227 e. The molecule has 3 aromatic rings. The number of hydrogen-bond acceptors (Lipinski definition) is 2. The predicted octanol–water partition coefficient (Wildman–Crippen LogP) is 4.79. The molecule has 2 aromatic carbocycles. The topological polar surface area (TPSA) is 26.0 Å². The zero-order chi connectivity index (χ0) is 13.5. The predicted molar refractivity (Wildman–Crippen MR) is 78.1 cm³/mol. The summed E-state index contributed by atoms with van der Waals surface area (Å²) in [6, 6.07) is 16.2. The van der Waals surface area contributed by atoms with Gasteiger partial charge in [0.15, 0.2) is 5.58 Å². The van der Waals surface area contributed by atoms with Crippen LogP contribution in [0.4, 0.5) is 0 Å². The van der Waals surface area contributed by atoms with Crippen molar-refractivity contribution in [2.45, 2.75) is 26.2 Å². The second-order valence-electron chi connectivity index (χ2n) is 5.79. The summed E-state index contributed by atoms with van der Waals surface area (Å²) in [7, 11) is 0. The Morgan fingerprint density at radius 1 is 0.895 bits per heavy atom. The molecule has 0 amide bonds. The third-order valence-corrected chi connectivity index (χ3v) is 3.24. The van der Waals surface area contributed by atoms with Gasteiger partial charge in [-0.3, -0.25) is 0 Å². The first-order valence-electron chi connectivity index (χ1n) is 6.51. The lowest BCUT2D eigenvalue weighted by atomic mass is 9.86. The van der Waals surface area contributed by atoms with Gasteiger partial charge in [0.2, 0.25) is 5.89 Å². The molecule has 0 fully saturated rings. The van der Waals surface area contributed by atoms with Crippen molar-refractivity contribution < 1.29 is 4.42 Å². The molecular formula is C17H17NO. The van der Waals surface area contributed by atoms with E-state index in [9.17, 15) is 0 Å². The molecule has 0 saturated carbocycles. The van der Waals surface area contributed by atoms with Gasteiger partial charge in [-0.25, -0.2) is 4.98 Å². The normalized spacial score (nSPS) is 11.9. The van der Waals surface area contributed by atoms with Gasteiger partial charge in [-0.15, -0.1) is 0 Å². The molecule has 1 aromatic heterocycles. The standard InChI is InChI=1S/C17H17NO/c1-17(2,3)13-10-7-11-14-15(13)19-16(18-14)12-8-5-4-6-9-12/h4-11H,1-3H3. The van der Waals surface area contributed by atoms with Gasteiger partial charge in [0.1, 0.15) is 5.52 Å². The third kappa shape index (κ3) is 2.14. The molecule has 0 aliphatic carbocycles. The number of benzene rings is 2. The van der Waals surface area contributed by atoms with E-state index in [1.807, 2.05) is 42.5 Å². The maximum atomic E-state index is 6.00. The molecule has 3 rings (SSSR count). The molecule has 0 unspecified atom stereocenters. The lowest BCUT2D eigenvalue weighted by molar-refractivity contribution is 0.561. The fourth-order valence-electron chi connectivity index (χ4n) is 2.24. The number of nitrogens with zero attached hydrogens (tertiary/aromatic N) is 1. The Morgan fingerprint density at radius 2 is 1.63 bits per heavy atom. The lowest BCUT2D eigenvalue weighted by Gasteiger charge is -2.18. The van der Waals surface area contributed by atoms with Gasteiger partial charge in [-0.2, -0.15) is 0 Å². The molecule has 0 aliphatic heterocycles. The Balaban J connectivity index is 2.22. The first kappa shape index (κ1) is 12.0. The highest BCUT2D eigenvalue weighted by Gasteiger charge is 2.20. The summed E-state index contributed by atoms with van der Waals surface area (Å²) in [6.45, 7) is 6.56. The van der Waals surface area contributed by atoms with E-state index in [2.05, 4.69) is 31.8 Å². The van der Waals surface area contributed by atoms with Crippen molar-refractivity contribution in [3.8, 4) is 11.5 Å². The molecule has 1 heterocycles. The van der Waals surface area contributed by atoms with Crippen molar-refractivity contribution in [1.29, 1.82) is 0 Å². The van der Waals surface area contributed by atoms with Crippen LogP contribution < -0.4 is 0 Å². The van der Waals surface area contributed by atoms with E-state index in [0.717, 1.165) is 16.7 Å². The summed E-state index contributed by atoms with van der Waals surface area (Å²) < 4.78 is 6.00. The van der Waals surface area contributed by atoms with Gasteiger partial charge in [0.25, 0.3) is 0 Å². The molecule has 0 saturated heterocycles. The second kappa shape index (κ2) is 4.23. The van der Waals surface area contributed by atoms with E-state index < -0.39 is 0 Å². The van der Waals surface area contributed by atoms with Crippen LogP contribution in [0.1, 0.15) is 26.3 Å². The van der Waals surface area contributed by atoms with E-state index in [4.69, 9.17) is 4.42 Å². The highest BCUT2D eigenvalue weighted by Crippen LogP contribution is 2.32. The summed E-state index contributed by atoms with van der Waals surface area (Å²) in [6.07, 6.45) is 0. The number of hydrogen-bond donors (Lipinski definition) is 0. The first-order valence-corrected chi connectivity index (χ1v) is 6.51. The highest BCUT2D eigenvalue weighted by molar-refractivity contribution is 5.80. The van der Waals surface area contributed by atoms with Gasteiger partial charge < -0.3 is 4.42 Å². The highest BCUT2D eigenvalue weighted by atomic mass is 16.3. The van der Waals surface area contributed by atoms with Crippen LogP contribution in [0.3, 0.4) is 0 Å². The molecule has 0 N–H and O–H groups in total. The van der Waals surface area contributed by atoms with Crippen molar-refractivity contribution in [2.75, 3.05) is 0 Å². The summed E-state index contributed by atoms with van der Waals surface area (Å²) in [4.78, 5) is 4.59. The van der Waals surface area contributed by atoms with Crippen molar-refractivity contribution in [3.05, 3.63) is 54.1 Å². The van der Waals surface area contributed by atoms with Gasteiger partial charge in [-0.05, 0) is 23.6 Å². The quantitative estimate of drug-likeness (QED) is 0.621. The van der Waals surface area contributed by atoms with Gasteiger partial charge in [-0.1, -0.05) is 51.1 Å². The molecule has 0 bridgehead atoms. The number of para-hydroxylation sites is 1. The molecule has 19 heavy (non-hydrogen) atoms. The third-order valence-electron chi connectivity index (χ3n) is 3.24. The van der Waals surface area contributed by atoms with Crippen LogP contribution in [-0.2, 0) is 5.41 Å². The molecule has 0 radical (unpaired) electrons. The Bertz CT molecular complexity index is 705. The Morgan fingerprint density at radius 3 is 2.32 bits per heavy atom. The summed E-state index contributed by atoms with van der Waals surface area (Å²) in [5, 5.41) is 0. The number of aromatic nitrogens is 1. The molecule has 96 valence electrons. The first-order chi connectivity index (χ1) is 9.05. The average molecular weight is 251 g/mol. The summed E-state index contributed by atoms with van der Waals surface area (Å²) >= 11 is 0. The van der Waals surface area contributed by atoms with Gasteiger partial charge >= 0.3 is 0 Å². The monoisotopic (exact) mass is 251 g/mol. The average Bonchev–Trinajstić information content (AvgIpc) is 2.82. The van der Waals surface area contributed by atoms with Crippen LogP contribution in [-0.4, -0.2) is 4.98 Å². The molecule has 2 heteroatoms. The lowest BCUT2D eigenvalue weighted by Crippen LogP contribution is -2.10. The number of rotatable bonds is 1. The van der Waals surface area contributed by atoms with Gasteiger partial charge in [0.05, 0.1) is 0 Å². The SMILES string of the molecule is CC(C)(C)c1cccc2nc(-c3ccccc3)oc12. The largest absolute Gasteiger partial charge is 0.436 e. The molecule has 0 atom stereocenters. The van der Waals surface area contributed by atoms with Crippen LogP contribution in [0.25, 0.3) is 22.6 Å². The van der Waals surface area contributed by atoms with E-state index in [1.165, 1.54) is 5.56 Å². The molecule has 0 spiro atoms. The van der Waals surface area contributed by atoms with E-state index in [1.54, 1.807) is 0 Å². The Hall–Kier alpha value is -2.09. The van der Waals surface area contributed by atoms with Gasteiger partial charge in [0, 0.05) is 11.1 Å². The fourth-order valence-corrected chi connectivity index (χ4v) is 2.24. The molecule has 0 aliphatic rings. The van der Waals surface area contributed by atoms with Crippen molar-refractivity contribution >= 4 is 11.1 Å². The number of fused-ring (bicyclic) bond motifs is 1. The van der Waals surface area contributed by atoms with E-state index >= 15 is 0 Å². The second-order valence-corrected chi connectivity index (χ2v) is 5.79. The van der Waals surface area contributed by atoms with Crippen molar-refractivity contribution in [1.82, 2.24) is 4.98 Å². The maximum absolute atomic E-state index is 6.00. The Labute approximate surface area is 113 Å². The summed E-state index contributed by atoms with van der Waals surface area (Å²) in [5.41, 5.74) is 4.07. The van der Waals surface area contributed by atoms with Crippen LogP contribution in [0.2, 0.25) is 0 Å². The van der Waals surface area contributed by atoms with E-state index in [0.29, 0.717) is 5.89 Å². The van der Waals surface area contributed by atoms with E-state index in [-0.39, 0.29) is 5.41 Å². The molecular weight excluding hydrogens is 234 g/mol. The zero-order valence-corrected chi connectivity index (χ0v) is 11.5. The number of oxazole rings is 1. The van der Waals surface area contributed by atoms with Crippen LogP contribution in [0.5, 0.6) is 0 Å². The zero-order valence-electron chi connectivity index (χ0n) is 11.5. The minimum Gasteiger partial charge on any atom is -0.436 e. The summed E-state index contributed by atoms with van der Waals surface area (Å²) in [5.74, 6) is 0.687.